The summed E-state index contributed by atoms with van der Waals surface area (Å²) in [5.41, 5.74) is 2.56. The Hall–Kier alpha value is -2.45. The van der Waals surface area contributed by atoms with Crippen molar-refractivity contribution in [2.75, 3.05) is 29.0 Å². The number of anilines is 2. The van der Waals surface area contributed by atoms with Crippen LogP contribution >= 0.6 is 0 Å². The first kappa shape index (κ1) is 17.9. The lowest BCUT2D eigenvalue weighted by Gasteiger charge is -2.23. The van der Waals surface area contributed by atoms with Gasteiger partial charge in [0.05, 0.1) is 30.4 Å². The number of nitrogens with one attached hydrogen (secondary N) is 1. The predicted octanol–water partition coefficient (Wildman–Crippen LogP) is 1.84. The van der Waals surface area contributed by atoms with Crippen LogP contribution in [0.15, 0.2) is 42.6 Å². The van der Waals surface area contributed by atoms with Gasteiger partial charge in [-0.05, 0) is 37.1 Å². The lowest BCUT2D eigenvalue weighted by molar-refractivity contribution is -0.124. The van der Waals surface area contributed by atoms with Crippen LogP contribution < -0.4 is 9.62 Å². The highest BCUT2D eigenvalue weighted by Crippen LogP contribution is 2.48. The zero-order chi connectivity index (χ0) is 19.2. The summed E-state index contributed by atoms with van der Waals surface area (Å²) in [6, 6.07) is 11.0. The lowest BCUT2D eigenvalue weighted by Crippen LogP contribution is -2.37. The molecule has 2 aliphatic rings. The Labute approximate surface area is 158 Å². The van der Waals surface area contributed by atoms with Crippen molar-refractivity contribution >= 4 is 27.3 Å². The summed E-state index contributed by atoms with van der Waals surface area (Å²) in [5.74, 6) is -0.243. The molecular weight excluding hydrogens is 366 g/mol. The van der Waals surface area contributed by atoms with Crippen LogP contribution in [0.1, 0.15) is 17.7 Å². The molecule has 2 atom stereocenters. The SMILES string of the molecule is Cc1ccc(NC(=O)[C@@H]2C[C@]3(CO2)CN(S(C)(=O)=O)c2ccccc23)cn1. The Bertz CT molecular complexity index is 990. The highest BCUT2D eigenvalue weighted by atomic mass is 32.2. The number of benzene rings is 1. The first-order chi connectivity index (χ1) is 12.8. The minimum atomic E-state index is -3.40. The highest BCUT2D eigenvalue weighted by Gasteiger charge is 2.52. The number of carbonyl (C=O) groups is 1. The fraction of sp³-hybridized carbons (Fsp3) is 0.368. The van der Waals surface area contributed by atoms with Gasteiger partial charge in [-0.2, -0.15) is 0 Å². The van der Waals surface area contributed by atoms with Gasteiger partial charge in [-0.15, -0.1) is 0 Å². The smallest absolute Gasteiger partial charge is 0.253 e. The van der Waals surface area contributed by atoms with Crippen molar-refractivity contribution in [3.8, 4) is 0 Å². The van der Waals surface area contributed by atoms with Crippen LogP contribution in [0.25, 0.3) is 0 Å². The second kappa shape index (κ2) is 6.31. The molecule has 1 aromatic heterocycles. The molecule has 142 valence electrons. The van der Waals surface area contributed by atoms with E-state index in [2.05, 4.69) is 10.3 Å². The zero-order valence-electron chi connectivity index (χ0n) is 15.2. The fourth-order valence-corrected chi connectivity index (χ4v) is 4.84. The molecule has 0 aliphatic carbocycles. The number of para-hydroxylation sites is 1. The van der Waals surface area contributed by atoms with Gasteiger partial charge >= 0.3 is 0 Å². The topological polar surface area (TPSA) is 88.6 Å². The Morgan fingerprint density at radius 3 is 2.78 bits per heavy atom. The largest absolute Gasteiger partial charge is 0.367 e. The van der Waals surface area contributed by atoms with Crippen LogP contribution in [0.2, 0.25) is 0 Å². The molecule has 1 aromatic carbocycles. The molecule has 1 amide bonds. The Morgan fingerprint density at radius 2 is 2.07 bits per heavy atom. The quantitative estimate of drug-likeness (QED) is 0.868. The van der Waals surface area contributed by atoms with Crippen molar-refractivity contribution < 1.29 is 17.9 Å². The number of pyridine rings is 1. The van der Waals surface area contributed by atoms with Crippen LogP contribution in [0, 0.1) is 6.92 Å². The first-order valence-corrected chi connectivity index (χ1v) is 10.6. The molecule has 0 bridgehead atoms. The van der Waals surface area contributed by atoms with E-state index in [1.807, 2.05) is 31.2 Å². The van der Waals surface area contributed by atoms with Gasteiger partial charge < -0.3 is 10.1 Å². The molecule has 7 nitrogen and oxygen atoms in total. The monoisotopic (exact) mass is 387 g/mol. The van der Waals surface area contributed by atoms with E-state index in [9.17, 15) is 13.2 Å². The van der Waals surface area contributed by atoms with Gasteiger partial charge in [-0.1, -0.05) is 18.2 Å². The van der Waals surface area contributed by atoms with Gasteiger partial charge in [-0.3, -0.25) is 14.1 Å². The van der Waals surface area contributed by atoms with E-state index in [0.717, 1.165) is 11.3 Å². The van der Waals surface area contributed by atoms with E-state index < -0.39 is 21.5 Å². The molecule has 2 aliphatic heterocycles. The molecule has 3 heterocycles. The second-order valence-electron chi connectivity index (χ2n) is 7.25. The van der Waals surface area contributed by atoms with E-state index in [4.69, 9.17) is 4.74 Å². The zero-order valence-corrected chi connectivity index (χ0v) is 16.0. The van der Waals surface area contributed by atoms with Gasteiger partial charge in [0.2, 0.25) is 10.0 Å². The summed E-state index contributed by atoms with van der Waals surface area (Å²) in [6.07, 6.45) is 2.60. The molecule has 1 N–H and O–H groups in total. The standard InChI is InChI=1S/C19H21N3O4S/c1-13-7-8-14(10-20-13)21-18(23)17-9-19(12-26-17)11-22(27(2,24)25)16-6-4-3-5-15(16)19/h3-8,10,17H,9,11-12H2,1-2H3,(H,21,23)/t17-,19+/m0/s1. The number of hydrogen-bond donors (Lipinski definition) is 1. The summed E-state index contributed by atoms with van der Waals surface area (Å²) in [6.45, 7) is 2.47. The van der Waals surface area contributed by atoms with Gasteiger partial charge in [0.1, 0.15) is 6.10 Å². The molecule has 0 radical (unpaired) electrons. The Morgan fingerprint density at radius 1 is 1.30 bits per heavy atom. The second-order valence-corrected chi connectivity index (χ2v) is 9.16. The minimum Gasteiger partial charge on any atom is -0.367 e. The van der Waals surface area contributed by atoms with E-state index >= 15 is 0 Å². The third-order valence-corrected chi connectivity index (χ3v) is 6.33. The van der Waals surface area contributed by atoms with Gasteiger partial charge in [0.15, 0.2) is 0 Å². The molecule has 0 saturated carbocycles. The molecule has 8 heteroatoms. The first-order valence-electron chi connectivity index (χ1n) is 8.71. The molecule has 27 heavy (non-hydrogen) atoms. The average Bonchev–Trinajstić information content (AvgIpc) is 3.20. The maximum absolute atomic E-state index is 12.6. The maximum Gasteiger partial charge on any atom is 0.253 e. The average molecular weight is 387 g/mol. The number of fused-ring (bicyclic) bond motifs is 2. The van der Waals surface area contributed by atoms with Crippen LogP contribution in [0.5, 0.6) is 0 Å². The minimum absolute atomic E-state index is 0.243. The maximum atomic E-state index is 12.6. The van der Waals surface area contributed by atoms with E-state index in [1.165, 1.54) is 10.6 Å². The Kier molecular flexibility index (Phi) is 4.20. The lowest BCUT2D eigenvalue weighted by atomic mass is 9.80. The number of amides is 1. The van der Waals surface area contributed by atoms with Crippen molar-refractivity contribution in [2.24, 2.45) is 0 Å². The molecule has 1 spiro atoms. The number of hydrogen-bond acceptors (Lipinski definition) is 5. The number of sulfonamides is 1. The molecule has 4 rings (SSSR count). The highest BCUT2D eigenvalue weighted by molar-refractivity contribution is 7.92. The molecule has 2 aromatic rings. The van der Waals surface area contributed by atoms with Gasteiger partial charge in [0, 0.05) is 17.7 Å². The summed E-state index contributed by atoms with van der Waals surface area (Å²) >= 11 is 0. The van der Waals surface area contributed by atoms with Crippen molar-refractivity contribution in [1.82, 2.24) is 4.98 Å². The normalized spacial score (nSPS) is 24.2. The van der Waals surface area contributed by atoms with Crippen LogP contribution in [0.3, 0.4) is 0 Å². The number of nitrogens with zero attached hydrogens (tertiary/aromatic N) is 2. The molecule has 1 fully saturated rings. The number of aromatic nitrogens is 1. The van der Waals surface area contributed by atoms with E-state index in [1.54, 1.807) is 18.3 Å². The molecule has 1 saturated heterocycles. The summed E-state index contributed by atoms with van der Waals surface area (Å²) in [7, 11) is -3.40. The van der Waals surface area contributed by atoms with Gasteiger partial charge in [0.25, 0.3) is 5.91 Å². The summed E-state index contributed by atoms with van der Waals surface area (Å²) < 4.78 is 31.7. The van der Waals surface area contributed by atoms with Crippen molar-refractivity contribution in [3.05, 3.63) is 53.9 Å². The molecular formula is C19H21N3O4S. The third kappa shape index (κ3) is 3.19. The van der Waals surface area contributed by atoms with Crippen molar-refractivity contribution in [1.29, 1.82) is 0 Å². The van der Waals surface area contributed by atoms with E-state index in [0.29, 0.717) is 30.9 Å². The van der Waals surface area contributed by atoms with E-state index in [-0.39, 0.29) is 5.91 Å². The van der Waals surface area contributed by atoms with Crippen molar-refractivity contribution in [3.63, 3.8) is 0 Å². The fourth-order valence-electron chi connectivity index (χ4n) is 3.84. The third-order valence-electron chi connectivity index (χ3n) is 5.20. The number of rotatable bonds is 3. The molecule has 0 unspecified atom stereocenters. The number of ether oxygens (including phenoxy) is 1. The van der Waals surface area contributed by atoms with Crippen LogP contribution in [-0.2, 0) is 25.0 Å². The predicted molar refractivity (Wildman–Crippen MR) is 102 cm³/mol. The number of carbonyl (C=O) groups excluding carboxylic acids is 1. The van der Waals surface area contributed by atoms with Crippen LogP contribution in [0.4, 0.5) is 11.4 Å². The summed E-state index contributed by atoms with van der Waals surface area (Å²) in [5, 5.41) is 2.82. The summed E-state index contributed by atoms with van der Waals surface area (Å²) in [4.78, 5) is 16.8. The van der Waals surface area contributed by atoms with Crippen LogP contribution in [-0.4, -0.2) is 44.8 Å². The Balaban J connectivity index is 1.56. The van der Waals surface area contributed by atoms with Crippen molar-refractivity contribution in [2.45, 2.75) is 24.9 Å². The number of aryl methyl sites for hydroxylation is 1. The van der Waals surface area contributed by atoms with Gasteiger partial charge in [-0.25, -0.2) is 8.42 Å².